The van der Waals surface area contributed by atoms with Gasteiger partial charge >= 0.3 is 61.8 Å². The van der Waals surface area contributed by atoms with Crippen LogP contribution in [0, 0.1) is 0 Å². The van der Waals surface area contributed by atoms with E-state index in [-0.39, 0.29) is 136 Å². The molecule has 122 heavy (non-hydrogen) atoms. The van der Waals surface area contributed by atoms with E-state index in [1.165, 1.54) is 0 Å². The number of nitrogens with zero attached hydrogens (tertiary/aromatic N) is 1. The lowest BCUT2D eigenvalue weighted by molar-refractivity contribution is -0.977. The van der Waals surface area contributed by atoms with Gasteiger partial charge in [0.05, 0.1) is 55.6 Å². The summed E-state index contributed by atoms with van der Waals surface area (Å²) < 4.78 is 455. The topological polar surface area (TPSA) is 0 Å². The Balaban J connectivity index is 0.0000116. The van der Waals surface area contributed by atoms with E-state index in [2.05, 4.69) is 0 Å². The largest absolute Gasteiger partial charge is 1.00 e. The van der Waals surface area contributed by atoms with Gasteiger partial charge in [0.1, 0.15) is 26.2 Å². The van der Waals surface area contributed by atoms with Crippen LogP contribution in [0.25, 0.3) is 132 Å². The molecule has 0 aromatic heterocycles. The van der Waals surface area contributed by atoms with E-state index in [0.29, 0.717) is 80.2 Å². The molecule has 0 atom stereocenters. The van der Waals surface area contributed by atoms with Crippen LogP contribution >= 0.6 is 0 Å². The van der Waals surface area contributed by atoms with Crippen LogP contribution in [-0.2, 0) is 87.9 Å². The van der Waals surface area contributed by atoms with Gasteiger partial charge in [-0.3, -0.25) is 0 Å². The van der Waals surface area contributed by atoms with Crippen LogP contribution in [-0.4, -0.2) is 4.48 Å². The average Bonchev–Trinajstić information content (AvgIpc) is 1.58. The second-order valence-corrected chi connectivity index (χ2v) is 29.8. The van der Waals surface area contributed by atoms with Gasteiger partial charge in [-0.25, -0.2) is 0 Å². The van der Waals surface area contributed by atoms with Crippen LogP contribution in [0.1, 0.15) is 77.9 Å². The highest BCUT2D eigenvalue weighted by molar-refractivity contribution is 6.13. The summed E-state index contributed by atoms with van der Waals surface area (Å²) in [5.41, 5.74) is -28.7. The summed E-state index contributed by atoms with van der Waals surface area (Å²) in [6.07, 6.45) is -56.1. The van der Waals surface area contributed by atoms with Gasteiger partial charge in [-0.15, -0.1) is 0 Å². The number of hydrogen-bond donors (Lipinski definition) is 0. The second-order valence-electron chi connectivity index (χ2n) is 29.8. The first-order valence-electron chi connectivity index (χ1n) is 35.8. The first-order chi connectivity index (χ1) is 56.1. The Morgan fingerprint density at radius 2 is 0.410 bits per heavy atom. The maximum Gasteiger partial charge on any atom is 0.416 e. The predicted molar refractivity (Wildman–Crippen MR) is 391 cm³/mol. The molecule has 0 aliphatic carbocycles. The number of benzene rings is 14. The van der Waals surface area contributed by atoms with Crippen molar-refractivity contribution in [1.82, 2.24) is 0 Å². The third-order valence-corrected chi connectivity index (χ3v) is 21.9. The minimum atomic E-state index is -5.67. The van der Waals surface area contributed by atoms with Crippen molar-refractivity contribution in [2.75, 3.05) is 0 Å². The highest BCUT2D eigenvalue weighted by Gasteiger charge is 2.47. The highest BCUT2D eigenvalue weighted by atomic mass is 79.9. The molecule has 14 aromatic carbocycles. The van der Waals surface area contributed by atoms with Crippen molar-refractivity contribution in [1.29, 1.82) is 0 Å². The molecule has 14 aromatic rings. The van der Waals surface area contributed by atoms with Gasteiger partial charge in [0.15, 0.2) is 0 Å². The van der Waals surface area contributed by atoms with Gasteiger partial charge < -0.3 is 21.5 Å². The number of quaternary nitrogens is 1. The van der Waals surface area contributed by atoms with Gasteiger partial charge in [-0.05, 0) is 267 Å². The van der Waals surface area contributed by atoms with Crippen molar-refractivity contribution in [2.45, 2.75) is 87.9 Å². The third-order valence-electron chi connectivity index (χ3n) is 21.9. The zero-order valence-corrected chi connectivity index (χ0v) is 62.5. The lowest BCUT2D eigenvalue weighted by Gasteiger charge is -2.39. The first kappa shape index (κ1) is 85.4. The smallest absolute Gasteiger partial charge is 0.416 e. The van der Waals surface area contributed by atoms with Crippen LogP contribution < -0.4 is 17.0 Å². The lowest BCUT2D eigenvalue weighted by Crippen LogP contribution is -3.00. The summed E-state index contributed by atoms with van der Waals surface area (Å²) >= 11 is 0. The summed E-state index contributed by atoms with van der Waals surface area (Å²) in [5, 5.41) is 0.474. The van der Waals surface area contributed by atoms with E-state index in [9.17, 15) is 0 Å². The molecule has 0 bridgehead atoms. The number of alkyl halides is 30. The van der Waals surface area contributed by atoms with Crippen LogP contribution in [0.5, 0.6) is 0 Å². The normalized spacial score (nSPS) is 14.3. The zero-order chi connectivity index (χ0) is 87.1. The molecule has 2 aliphatic rings. The van der Waals surface area contributed by atoms with E-state index in [4.69, 9.17) is 0 Å². The fourth-order valence-corrected chi connectivity index (χ4v) is 16.6. The van der Waals surface area contributed by atoms with Crippen LogP contribution in [0.3, 0.4) is 0 Å². The summed E-state index contributed by atoms with van der Waals surface area (Å²) in [7, 11) is 0. The molecule has 32 heteroatoms. The number of fused-ring (bicyclic) bond motifs is 14. The van der Waals surface area contributed by atoms with Crippen molar-refractivity contribution in [3.05, 3.63) is 308 Å². The summed E-state index contributed by atoms with van der Waals surface area (Å²) in [5.74, 6) is 0. The molecule has 0 saturated heterocycles. The molecule has 16 rings (SSSR count). The first-order valence-corrected chi connectivity index (χ1v) is 35.8. The summed E-state index contributed by atoms with van der Waals surface area (Å²) in [6, 6.07) is 30.8. The molecule has 2 heterocycles. The van der Waals surface area contributed by atoms with Crippen molar-refractivity contribution in [2.24, 2.45) is 0 Å². The zero-order valence-electron chi connectivity index (χ0n) is 60.9. The van der Waals surface area contributed by atoms with E-state index in [1.807, 2.05) is 0 Å². The van der Waals surface area contributed by atoms with Crippen LogP contribution in [0.2, 0.25) is 0 Å². The van der Waals surface area contributed by atoms with Gasteiger partial charge in [-0.2, -0.15) is 132 Å². The van der Waals surface area contributed by atoms with Crippen LogP contribution in [0.15, 0.2) is 231 Å². The predicted octanol–water partition coefficient (Wildman–Crippen LogP) is 28.4. The van der Waals surface area contributed by atoms with Crippen molar-refractivity contribution in [3.63, 3.8) is 0 Å². The monoisotopic (exact) mass is 1790 g/mol. The van der Waals surface area contributed by atoms with Crippen molar-refractivity contribution in [3.8, 4) is 89.0 Å². The van der Waals surface area contributed by atoms with Gasteiger partial charge in [0.25, 0.3) is 0 Å². The molecule has 0 unspecified atom stereocenters. The Labute approximate surface area is 678 Å². The lowest BCUT2D eigenvalue weighted by atomic mass is 9.80. The maximum atomic E-state index is 15.6. The quantitative estimate of drug-likeness (QED) is 0.115. The Hall–Kier alpha value is -11.5. The molecule has 1 spiro atoms. The average molecular weight is 1790 g/mol. The summed E-state index contributed by atoms with van der Waals surface area (Å²) in [6.45, 7) is -2.03. The molecule has 1 nitrogen and oxygen atoms in total. The van der Waals surface area contributed by atoms with Gasteiger partial charge in [-0.1, -0.05) is 84.9 Å². The summed E-state index contributed by atoms with van der Waals surface area (Å²) in [4.78, 5) is 0. The number of hydrogen-bond acceptors (Lipinski definition) is 0. The minimum absolute atomic E-state index is 0. The minimum Gasteiger partial charge on any atom is -1.00 e. The van der Waals surface area contributed by atoms with E-state index < -0.39 is 213 Å². The molecule has 0 radical (unpaired) electrons. The fraction of sp³-hybridized carbons (Fsp3) is 0.156. The Kier molecular flexibility index (Phi) is 20.4. The fourth-order valence-electron chi connectivity index (χ4n) is 16.6. The van der Waals surface area contributed by atoms with Crippen LogP contribution in [0.4, 0.5) is 132 Å². The van der Waals surface area contributed by atoms with E-state index in [0.717, 1.165) is 48.5 Å². The highest BCUT2D eigenvalue weighted by Crippen LogP contribution is 2.57. The molecule has 0 fully saturated rings. The molecule has 628 valence electrons. The van der Waals surface area contributed by atoms with Gasteiger partial charge in [0.2, 0.25) is 0 Å². The SMILES string of the molecule is FC(F)(F)c1cc(-c2cc(-c3cc(C(F)(F)F)cc(C(F)(F)F)c3)cc(-c3cc4cc(C(F)(F)F)ccc4c4c3C[N+]3(Cc5ccc6ccccc6c5-c5c(ccc6ccccc56)C3)Cc3c(-c5cc(-c6cc(C(F)(F)F)cc(C(F)(F)F)c6)cc(-c6cc(C(F)(F)F)cc(C(F)(F)F)c6)c5)cc5cc(C(F)(F)F)ccc5c3-4)c2)cc(C(F)(F)F)c1.[Br-]. The molecule has 2 aliphatic heterocycles. The van der Waals surface area contributed by atoms with E-state index >= 15 is 132 Å². The van der Waals surface area contributed by atoms with Crippen molar-refractivity contribution >= 4 is 43.1 Å². The molecule has 0 saturated carbocycles. The Morgan fingerprint density at radius 1 is 0.180 bits per heavy atom. The Bertz CT molecular complexity index is 5910. The third kappa shape index (κ3) is 16.2. The van der Waals surface area contributed by atoms with Crippen molar-refractivity contribution < 1.29 is 153 Å². The Morgan fingerprint density at radius 3 is 0.664 bits per heavy atom. The maximum absolute atomic E-state index is 15.6. The second kappa shape index (κ2) is 29.1. The molecule has 0 N–H and O–H groups in total. The standard InChI is InChI=1S/C90H46F30N.BrH/c91-81(92,93)59-13-15-71-57(31-59)33-73(55-19-47(51-23-61(83(97,98)99)35-62(24-51)84(100,101)102)17-48(20-55)52-25-63(85(103,104)105)36-64(26-52)86(106,107)108)75-41-121(39-45-11-9-43-5-1-3-7-69(43)77(45)78-46(40-121)12-10-44-6-2-4-8-70(44)78)42-76-74(34-58-32-60(82(94,95)96)14-16-72(58)80(76)79(71)75)56-21-49(53-27-65(87(109,110)111)37-66(28-53)88(112,113)114)18-50(22-56)54-29-67(89(115,116)117)38-68(30-54)90(118,119)120;/h1-38H,39-42H2;1H/q+1;/p-1. The van der Waals surface area contributed by atoms with Gasteiger partial charge in [0, 0.05) is 33.4 Å². The van der Waals surface area contributed by atoms with E-state index in [1.54, 1.807) is 72.8 Å². The molecular formula is C90H46BrF30N. The number of halogens is 31. The molecule has 0 amide bonds. The molecular weight excluding hydrogens is 1740 g/mol. The number of rotatable bonds is 6.